The number of halogens is 1. The van der Waals surface area contributed by atoms with Crippen LogP contribution in [-0.2, 0) is 9.30 Å². The predicted octanol–water partition coefficient (Wildman–Crippen LogP) is 3.26. The fraction of sp³-hybridized carbons (Fsp3) is 0.533. The zero-order valence-corrected chi connectivity index (χ0v) is 16.0. The van der Waals surface area contributed by atoms with E-state index in [1.807, 2.05) is 0 Å². The van der Waals surface area contributed by atoms with Crippen LogP contribution < -0.4 is 10.6 Å². The van der Waals surface area contributed by atoms with Gasteiger partial charge in [0.1, 0.15) is 12.7 Å². The number of nitrogens with one attached hydrogen (secondary N) is 1. The molecule has 124 valence electrons. The Morgan fingerprint density at radius 3 is 2.41 bits per heavy atom. The number of carbonyl (C=O) groups excluding carboxylic acids is 1. The quantitative estimate of drug-likeness (QED) is 0.772. The van der Waals surface area contributed by atoms with Crippen LogP contribution in [0.1, 0.15) is 32.4 Å². The molecule has 0 unspecified atom stereocenters. The number of amides is 1. The average molecular weight is 392 g/mol. The lowest BCUT2D eigenvalue weighted by Gasteiger charge is -2.23. The van der Waals surface area contributed by atoms with Crippen LogP contribution in [0.2, 0.25) is 0 Å². The molecule has 5 nitrogen and oxygen atoms in total. The van der Waals surface area contributed by atoms with Crippen molar-refractivity contribution in [3.05, 3.63) is 28.2 Å². The maximum Gasteiger partial charge on any atom is 0.408 e. The van der Waals surface area contributed by atoms with E-state index >= 15 is 0 Å². The number of ether oxygens (including phenoxy) is 1. The molecule has 0 heterocycles. The van der Waals surface area contributed by atoms with Crippen molar-refractivity contribution in [1.82, 2.24) is 5.32 Å². The Bertz CT molecular complexity index is 592. The van der Waals surface area contributed by atoms with Gasteiger partial charge in [-0.3, -0.25) is 0 Å². The lowest BCUT2D eigenvalue weighted by atomic mass is 10.1. The van der Waals surface area contributed by atoms with Crippen LogP contribution in [0.15, 0.2) is 22.7 Å². The topological polar surface area (TPSA) is 75.6 Å². The number of aliphatic hydroxyl groups is 1. The van der Waals surface area contributed by atoms with Gasteiger partial charge in [0.25, 0.3) is 0 Å². The number of hydrogen-bond acceptors (Lipinski definition) is 4. The van der Waals surface area contributed by atoms with Crippen molar-refractivity contribution in [1.29, 1.82) is 0 Å². The predicted molar refractivity (Wildman–Crippen MR) is 92.4 cm³/mol. The molecule has 0 saturated heterocycles. The molecular formula is C15H23BrNO4P. The van der Waals surface area contributed by atoms with E-state index in [4.69, 9.17) is 4.74 Å². The Balaban J connectivity index is 2.97. The first-order valence-corrected chi connectivity index (χ1v) is 10.3. The molecule has 1 amide bonds. The van der Waals surface area contributed by atoms with E-state index in [1.54, 1.807) is 52.3 Å². The molecule has 0 bridgehead atoms. The second kappa shape index (κ2) is 7.16. The van der Waals surface area contributed by atoms with Gasteiger partial charge in [0, 0.05) is 9.78 Å². The van der Waals surface area contributed by atoms with Gasteiger partial charge >= 0.3 is 6.09 Å². The van der Waals surface area contributed by atoms with Gasteiger partial charge in [-0.2, -0.15) is 0 Å². The van der Waals surface area contributed by atoms with E-state index < -0.39 is 24.9 Å². The standard InChI is InChI=1S/C15H23BrNO4P/c1-15(2,3)21-14(19)17-13(9-18)11-7-6-10(8-12(11)16)22(4,5)20/h6-8,13,18H,9H2,1-5H3,(H,17,19)/t13-/m0/s1. The Labute approximate surface area is 139 Å². The van der Waals surface area contributed by atoms with Gasteiger partial charge in [-0.25, -0.2) is 4.79 Å². The van der Waals surface area contributed by atoms with Crippen molar-refractivity contribution >= 4 is 34.5 Å². The lowest BCUT2D eigenvalue weighted by molar-refractivity contribution is 0.0481. The van der Waals surface area contributed by atoms with Crippen LogP contribution in [0.5, 0.6) is 0 Å². The second-order valence-electron chi connectivity index (χ2n) is 6.44. The maximum absolute atomic E-state index is 12.1. The summed E-state index contributed by atoms with van der Waals surface area (Å²) >= 11 is 3.41. The molecule has 0 saturated carbocycles. The Morgan fingerprint density at radius 2 is 2.00 bits per heavy atom. The number of hydrogen-bond donors (Lipinski definition) is 2. The highest BCUT2D eigenvalue weighted by atomic mass is 79.9. The van der Waals surface area contributed by atoms with Crippen LogP contribution in [0, 0.1) is 0 Å². The molecule has 2 N–H and O–H groups in total. The van der Waals surface area contributed by atoms with E-state index in [0.717, 1.165) is 5.30 Å². The summed E-state index contributed by atoms with van der Waals surface area (Å²) in [6, 6.07) is 4.65. The Hall–Kier alpha value is -0.840. The molecule has 0 aliphatic heterocycles. The molecule has 0 fully saturated rings. The van der Waals surface area contributed by atoms with E-state index in [2.05, 4.69) is 21.2 Å². The van der Waals surface area contributed by atoms with Crippen molar-refractivity contribution in [2.45, 2.75) is 32.4 Å². The normalized spacial score (nSPS) is 13.6. The zero-order valence-electron chi connectivity index (χ0n) is 13.5. The molecule has 1 rings (SSSR count). The van der Waals surface area contributed by atoms with Gasteiger partial charge in [-0.15, -0.1) is 0 Å². The number of alkyl carbamates (subject to hydrolysis) is 1. The van der Waals surface area contributed by atoms with Crippen LogP contribution in [0.25, 0.3) is 0 Å². The van der Waals surface area contributed by atoms with Gasteiger partial charge in [0.05, 0.1) is 12.6 Å². The van der Waals surface area contributed by atoms with E-state index in [0.29, 0.717) is 10.0 Å². The van der Waals surface area contributed by atoms with Gasteiger partial charge in [-0.1, -0.05) is 28.1 Å². The molecular weight excluding hydrogens is 369 g/mol. The zero-order chi connectivity index (χ0) is 17.1. The molecule has 1 atom stereocenters. The molecule has 0 radical (unpaired) electrons. The molecule has 7 heteroatoms. The third-order valence-corrected chi connectivity index (χ3v) is 5.06. The number of rotatable bonds is 4. The number of aliphatic hydroxyl groups excluding tert-OH is 1. The average Bonchev–Trinajstić information content (AvgIpc) is 2.33. The first-order chi connectivity index (χ1) is 9.94. The fourth-order valence-electron chi connectivity index (χ4n) is 1.81. The fourth-order valence-corrected chi connectivity index (χ4v) is 3.51. The van der Waals surface area contributed by atoms with Crippen LogP contribution in [-0.4, -0.2) is 36.7 Å². The largest absolute Gasteiger partial charge is 0.444 e. The highest BCUT2D eigenvalue weighted by Crippen LogP contribution is 2.36. The minimum atomic E-state index is -2.36. The minimum Gasteiger partial charge on any atom is -0.444 e. The Morgan fingerprint density at radius 1 is 1.41 bits per heavy atom. The minimum absolute atomic E-state index is 0.271. The van der Waals surface area contributed by atoms with E-state index in [-0.39, 0.29) is 6.61 Å². The SMILES string of the molecule is CC(C)(C)OC(=O)N[C@@H](CO)c1ccc(P(C)(C)=O)cc1Br. The van der Waals surface area contributed by atoms with Crippen LogP contribution in [0.4, 0.5) is 4.79 Å². The smallest absolute Gasteiger partial charge is 0.408 e. The summed E-state index contributed by atoms with van der Waals surface area (Å²) in [5.41, 5.74) is 0.0907. The van der Waals surface area contributed by atoms with Gasteiger partial charge < -0.3 is 19.7 Å². The Kier molecular flexibility index (Phi) is 6.25. The monoisotopic (exact) mass is 391 g/mol. The molecule has 0 aliphatic rings. The highest BCUT2D eigenvalue weighted by molar-refractivity contribution is 9.10. The first kappa shape index (κ1) is 19.2. The van der Waals surface area contributed by atoms with Crippen molar-refractivity contribution in [2.75, 3.05) is 19.9 Å². The molecule has 0 aliphatic carbocycles. The summed E-state index contributed by atoms with van der Waals surface area (Å²) in [6.45, 7) is 8.42. The molecule has 0 spiro atoms. The summed E-state index contributed by atoms with van der Waals surface area (Å²) in [5.74, 6) is 0. The third kappa shape index (κ3) is 5.75. The highest BCUT2D eigenvalue weighted by Gasteiger charge is 2.22. The molecule has 1 aromatic rings. The van der Waals surface area contributed by atoms with Crippen molar-refractivity contribution < 1.29 is 19.2 Å². The molecule has 1 aromatic carbocycles. The number of benzene rings is 1. The van der Waals surface area contributed by atoms with Crippen molar-refractivity contribution in [3.8, 4) is 0 Å². The third-order valence-electron chi connectivity index (χ3n) is 2.85. The van der Waals surface area contributed by atoms with Crippen molar-refractivity contribution in [3.63, 3.8) is 0 Å². The molecule has 0 aromatic heterocycles. The van der Waals surface area contributed by atoms with Crippen LogP contribution >= 0.6 is 23.1 Å². The van der Waals surface area contributed by atoms with Gasteiger partial charge in [-0.05, 0) is 45.7 Å². The summed E-state index contributed by atoms with van der Waals surface area (Å²) in [5, 5.41) is 12.9. The van der Waals surface area contributed by atoms with E-state index in [1.165, 1.54) is 0 Å². The van der Waals surface area contributed by atoms with Gasteiger partial charge in [0.2, 0.25) is 0 Å². The molecule has 22 heavy (non-hydrogen) atoms. The summed E-state index contributed by atoms with van der Waals surface area (Å²) < 4.78 is 18.0. The first-order valence-electron chi connectivity index (χ1n) is 6.89. The van der Waals surface area contributed by atoms with Crippen LogP contribution in [0.3, 0.4) is 0 Å². The summed E-state index contributed by atoms with van der Waals surface area (Å²) in [6.07, 6.45) is -0.598. The summed E-state index contributed by atoms with van der Waals surface area (Å²) in [7, 11) is -2.36. The van der Waals surface area contributed by atoms with Gasteiger partial charge in [0.15, 0.2) is 0 Å². The summed E-state index contributed by atoms with van der Waals surface area (Å²) in [4.78, 5) is 11.8. The van der Waals surface area contributed by atoms with Crippen molar-refractivity contribution in [2.24, 2.45) is 0 Å². The number of carbonyl (C=O) groups is 1. The second-order valence-corrected chi connectivity index (χ2v) is 10.5. The maximum atomic E-state index is 12.1. The van der Waals surface area contributed by atoms with E-state index in [9.17, 15) is 14.5 Å². The lowest BCUT2D eigenvalue weighted by Crippen LogP contribution is -2.36.